The second-order valence-corrected chi connectivity index (χ2v) is 8.13. The summed E-state index contributed by atoms with van der Waals surface area (Å²) < 4.78 is 28.1. The van der Waals surface area contributed by atoms with Crippen LogP contribution < -0.4 is 9.62 Å². The van der Waals surface area contributed by atoms with Crippen LogP contribution in [0.2, 0.25) is 0 Å². The smallest absolute Gasteiger partial charge is 0.337 e. The van der Waals surface area contributed by atoms with Crippen LogP contribution >= 0.6 is 0 Å². The normalized spacial score (nSPS) is 14.5. The van der Waals surface area contributed by atoms with Crippen molar-refractivity contribution in [3.05, 3.63) is 47.2 Å². The summed E-state index contributed by atoms with van der Waals surface area (Å²) in [6.07, 6.45) is 3.24. The molecular formula is C18H21N3O4S. The molecule has 0 saturated carbocycles. The number of nitrogens with zero attached hydrogens (tertiary/aromatic N) is 2. The van der Waals surface area contributed by atoms with E-state index in [4.69, 9.17) is 0 Å². The van der Waals surface area contributed by atoms with Gasteiger partial charge in [0, 0.05) is 19.3 Å². The van der Waals surface area contributed by atoms with Crippen LogP contribution in [0.4, 0.5) is 11.5 Å². The van der Waals surface area contributed by atoms with Crippen LogP contribution in [0.5, 0.6) is 0 Å². The second-order valence-electron chi connectivity index (χ2n) is 6.45. The standard InChI is InChI=1S/C18H21N3O4S/c1-12-5-6-15(9-13(12)2)26(24,25)20-16-10-14(18(22)23)11-19-17(16)21-7-3-4-8-21/h5-6,9-11,20H,3-4,7-8H2,1-2H3,(H,22,23). The highest BCUT2D eigenvalue weighted by Gasteiger charge is 2.23. The Labute approximate surface area is 152 Å². The molecule has 2 aromatic rings. The molecule has 1 saturated heterocycles. The lowest BCUT2D eigenvalue weighted by Gasteiger charge is -2.21. The molecule has 3 rings (SSSR count). The molecule has 7 nitrogen and oxygen atoms in total. The van der Waals surface area contributed by atoms with Crippen LogP contribution in [0.25, 0.3) is 0 Å². The van der Waals surface area contributed by atoms with Crippen molar-refractivity contribution in [3.63, 3.8) is 0 Å². The number of hydrogen-bond donors (Lipinski definition) is 2. The van der Waals surface area contributed by atoms with E-state index in [0.717, 1.165) is 37.1 Å². The van der Waals surface area contributed by atoms with Gasteiger partial charge in [0.05, 0.1) is 16.1 Å². The molecular weight excluding hydrogens is 354 g/mol. The maximum Gasteiger partial charge on any atom is 0.337 e. The van der Waals surface area contributed by atoms with Crippen LogP contribution in [-0.4, -0.2) is 37.6 Å². The fourth-order valence-electron chi connectivity index (χ4n) is 2.92. The van der Waals surface area contributed by atoms with Crippen molar-refractivity contribution in [2.45, 2.75) is 31.6 Å². The molecule has 2 heterocycles. The number of aromatic carboxylic acids is 1. The Bertz CT molecular complexity index is 951. The number of aromatic nitrogens is 1. The zero-order valence-electron chi connectivity index (χ0n) is 14.7. The molecule has 0 radical (unpaired) electrons. The Morgan fingerprint density at radius 3 is 2.46 bits per heavy atom. The molecule has 1 aliphatic rings. The maximum atomic E-state index is 12.8. The zero-order chi connectivity index (χ0) is 18.9. The number of nitrogens with one attached hydrogen (secondary N) is 1. The summed E-state index contributed by atoms with van der Waals surface area (Å²) in [5, 5.41) is 9.22. The van der Waals surface area contributed by atoms with Gasteiger partial charge in [-0.2, -0.15) is 0 Å². The van der Waals surface area contributed by atoms with Gasteiger partial charge >= 0.3 is 5.97 Å². The maximum absolute atomic E-state index is 12.8. The summed E-state index contributed by atoms with van der Waals surface area (Å²) in [6, 6.07) is 6.20. The van der Waals surface area contributed by atoms with Gasteiger partial charge in [0.15, 0.2) is 5.82 Å². The van der Waals surface area contributed by atoms with E-state index in [1.165, 1.54) is 18.3 Å². The number of anilines is 2. The van der Waals surface area contributed by atoms with Gasteiger partial charge in [-0.15, -0.1) is 0 Å². The van der Waals surface area contributed by atoms with E-state index in [0.29, 0.717) is 5.82 Å². The van der Waals surface area contributed by atoms with Gasteiger partial charge in [-0.05, 0) is 56.0 Å². The SMILES string of the molecule is Cc1ccc(S(=O)(=O)Nc2cc(C(=O)O)cnc2N2CCCC2)cc1C. The summed E-state index contributed by atoms with van der Waals surface area (Å²) in [5.74, 6) is -0.697. The summed E-state index contributed by atoms with van der Waals surface area (Å²) in [5.41, 5.74) is 1.98. The number of sulfonamides is 1. The van der Waals surface area contributed by atoms with Crippen molar-refractivity contribution < 1.29 is 18.3 Å². The highest BCUT2D eigenvalue weighted by molar-refractivity contribution is 7.92. The monoisotopic (exact) mass is 375 g/mol. The predicted octanol–water partition coefficient (Wildman–Crippen LogP) is 2.80. The van der Waals surface area contributed by atoms with E-state index in [9.17, 15) is 18.3 Å². The molecule has 1 aromatic carbocycles. The molecule has 0 aliphatic carbocycles. The lowest BCUT2D eigenvalue weighted by molar-refractivity contribution is 0.0696. The van der Waals surface area contributed by atoms with E-state index < -0.39 is 16.0 Å². The van der Waals surface area contributed by atoms with Crippen molar-refractivity contribution >= 4 is 27.5 Å². The summed E-state index contributed by atoms with van der Waals surface area (Å²) >= 11 is 0. The topological polar surface area (TPSA) is 99.6 Å². The van der Waals surface area contributed by atoms with Gasteiger partial charge in [0.1, 0.15) is 0 Å². The molecule has 26 heavy (non-hydrogen) atoms. The van der Waals surface area contributed by atoms with E-state index in [2.05, 4.69) is 9.71 Å². The Balaban J connectivity index is 2.02. The molecule has 0 bridgehead atoms. The molecule has 1 aromatic heterocycles. The number of carbonyl (C=O) groups is 1. The highest BCUT2D eigenvalue weighted by atomic mass is 32.2. The van der Waals surface area contributed by atoms with Crippen molar-refractivity contribution in [2.24, 2.45) is 0 Å². The largest absolute Gasteiger partial charge is 0.478 e. The number of carboxylic acids is 1. The third kappa shape index (κ3) is 3.65. The minimum absolute atomic E-state index is 0.0641. The Morgan fingerprint density at radius 1 is 1.15 bits per heavy atom. The summed E-state index contributed by atoms with van der Waals surface area (Å²) in [7, 11) is -3.86. The van der Waals surface area contributed by atoms with Gasteiger partial charge in [0.2, 0.25) is 0 Å². The lowest BCUT2D eigenvalue weighted by Crippen LogP contribution is -2.23. The second kappa shape index (κ2) is 6.95. The number of rotatable bonds is 5. The third-order valence-corrected chi connectivity index (χ3v) is 5.92. The van der Waals surface area contributed by atoms with Crippen molar-refractivity contribution in [1.82, 2.24) is 4.98 Å². The molecule has 0 atom stereocenters. The van der Waals surface area contributed by atoms with E-state index in [-0.39, 0.29) is 16.1 Å². The van der Waals surface area contributed by atoms with Gasteiger partial charge in [-0.25, -0.2) is 18.2 Å². The Hall–Kier alpha value is -2.61. The fourth-order valence-corrected chi connectivity index (χ4v) is 4.05. The molecule has 1 fully saturated rings. The average Bonchev–Trinajstić information content (AvgIpc) is 3.11. The first-order chi connectivity index (χ1) is 12.3. The summed E-state index contributed by atoms with van der Waals surface area (Å²) in [4.78, 5) is 17.6. The number of hydrogen-bond acceptors (Lipinski definition) is 5. The van der Waals surface area contributed by atoms with Gasteiger partial charge in [-0.1, -0.05) is 6.07 Å². The number of aryl methyl sites for hydroxylation is 2. The minimum Gasteiger partial charge on any atom is -0.478 e. The predicted molar refractivity (Wildman–Crippen MR) is 99.4 cm³/mol. The highest BCUT2D eigenvalue weighted by Crippen LogP contribution is 2.30. The van der Waals surface area contributed by atoms with E-state index in [1.807, 2.05) is 18.7 Å². The van der Waals surface area contributed by atoms with Crippen molar-refractivity contribution in [1.29, 1.82) is 0 Å². The molecule has 0 spiro atoms. The Kier molecular flexibility index (Phi) is 4.86. The number of benzene rings is 1. The third-order valence-electron chi connectivity index (χ3n) is 4.55. The van der Waals surface area contributed by atoms with Crippen LogP contribution in [0.1, 0.15) is 34.3 Å². The molecule has 8 heteroatoms. The van der Waals surface area contributed by atoms with E-state index in [1.54, 1.807) is 12.1 Å². The van der Waals surface area contributed by atoms with Gasteiger partial charge in [0.25, 0.3) is 10.0 Å². The van der Waals surface area contributed by atoms with Crippen LogP contribution in [0.15, 0.2) is 35.4 Å². The Morgan fingerprint density at radius 2 is 1.85 bits per heavy atom. The lowest BCUT2D eigenvalue weighted by atomic mass is 10.1. The van der Waals surface area contributed by atoms with Gasteiger partial charge in [-0.3, -0.25) is 4.72 Å². The quantitative estimate of drug-likeness (QED) is 0.834. The van der Waals surface area contributed by atoms with Gasteiger partial charge < -0.3 is 10.0 Å². The molecule has 138 valence electrons. The number of pyridine rings is 1. The number of carboxylic acid groups (broad SMARTS) is 1. The van der Waals surface area contributed by atoms with Crippen molar-refractivity contribution in [3.8, 4) is 0 Å². The first-order valence-electron chi connectivity index (χ1n) is 8.36. The molecule has 0 unspecified atom stereocenters. The molecule has 1 aliphatic heterocycles. The van der Waals surface area contributed by atoms with E-state index >= 15 is 0 Å². The zero-order valence-corrected chi connectivity index (χ0v) is 15.5. The summed E-state index contributed by atoms with van der Waals surface area (Å²) in [6.45, 7) is 5.27. The average molecular weight is 375 g/mol. The van der Waals surface area contributed by atoms with Crippen molar-refractivity contribution in [2.75, 3.05) is 22.7 Å². The minimum atomic E-state index is -3.86. The van der Waals surface area contributed by atoms with Crippen LogP contribution in [0, 0.1) is 13.8 Å². The van der Waals surface area contributed by atoms with Crippen LogP contribution in [0.3, 0.4) is 0 Å². The fraction of sp³-hybridized carbons (Fsp3) is 0.333. The molecule has 0 amide bonds. The van der Waals surface area contributed by atoms with Crippen LogP contribution in [-0.2, 0) is 10.0 Å². The first-order valence-corrected chi connectivity index (χ1v) is 9.84. The molecule has 2 N–H and O–H groups in total. The first kappa shape index (κ1) is 18.2.